The molecule has 0 atom stereocenters. The van der Waals surface area contributed by atoms with Crippen molar-refractivity contribution in [1.82, 2.24) is 4.98 Å². The molecule has 0 bridgehead atoms. The Kier molecular flexibility index (Phi) is 2.21. The molecule has 0 unspecified atom stereocenters. The summed E-state index contributed by atoms with van der Waals surface area (Å²) >= 11 is 6.22. The van der Waals surface area contributed by atoms with Gasteiger partial charge in [0.05, 0.1) is 6.20 Å². The molecule has 58 valence electrons. The lowest BCUT2D eigenvalue weighted by atomic mass is 10.4. The number of carboxylic acid groups (broad SMARTS) is 1. The Balaban J connectivity index is 2.94. The van der Waals surface area contributed by atoms with Gasteiger partial charge in [0.15, 0.2) is 4.47 Å². The van der Waals surface area contributed by atoms with Crippen LogP contribution < -0.4 is 0 Å². The monoisotopic (exact) mass is 191 g/mol. The molecule has 1 rings (SSSR count). The quantitative estimate of drug-likeness (QED) is 0.561. The van der Waals surface area contributed by atoms with E-state index in [2.05, 4.69) is 4.98 Å². The molecule has 0 aromatic carbocycles. The number of aliphatic carboxylic acids is 1. The summed E-state index contributed by atoms with van der Waals surface area (Å²) in [6, 6.07) is 0. The maximum Gasteiger partial charge on any atom is 0.378 e. The zero-order valence-electron chi connectivity index (χ0n) is 5.07. The van der Waals surface area contributed by atoms with Crippen molar-refractivity contribution in [1.29, 1.82) is 0 Å². The Bertz CT molecular complexity index is 308. The van der Waals surface area contributed by atoms with E-state index in [4.69, 9.17) is 16.7 Å². The zero-order chi connectivity index (χ0) is 8.43. The topological polar surface area (TPSA) is 67.3 Å². The van der Waals surface area contributed by atoms with E-state index in [9.17, 15) is 9.59 Å². The van der Waals surface area contributed by atoms with Gasteiger partial charge in [-0.25, -0.2) is 9.78 Å². The molecule has 0 aliphatic heterocycles. The summed E-state index contributed by atoms with van der Waals surface area (Å²) in [6.07, 6.45) is 1.14. The van der Waals surface area contributed by atoms with Crippen LogP contribution in [0.2, 0.25) is 4.47 Å². The van der Waals surface area contributed by atoms with Crippen LogP contribution in [-0.4, -0.2) is 21.8 Å². The maximum absolute atomic E-state index is 10.7. The van der Waals surface area contributed by atoms with E-state index in [1.807, 2.05) is 0 Å². The second kappa shape index (κ2) is 2.98. The molecule has 0 fully saturated rings. The minimum absolute atomic E-state index is 0.0440. The van der Waals surface area contributed by atoms with Crippen LogP contribution in [0.1, 0.15) is 9.67 Å². The number of hydrogen-bond donors (Lipinski definition) is 1. The Morgan fingerprint density at radius 2 is 2.27 bits per heavy atom. The van der Waals surface area contributed by atoms with E-state index in [0.717, 1.165) is 17.5 Å². The third kappa shape index (κ3) is 1.75. The Morgan fingerprint density at radius 3 is 2.64 bits per heavy atom. The van der Waals surface area contributed by atoms with E-state index in [0.29, 0.717) is 0 Å². The Labute approximate surface area is 70.4 Å². The highest BCUT2D eigenvalue weighted by Crippen LogP contribution is 2.17. The fraction of sp³-hybridized carbons (Fsp3) is 0. The normalized spacial score (nSPS) is 9.55. The van der Waals surface area contributed by atoms with Crippen molar-refractivity contribution in [3.05, 3.63) is 15.5 Å². The fourth-order valence-electron chi connectivity index (χ4n) is 0.463. The van der Waals surface area contributed by atoms with Gasteiger partial charge in [-0.3, -0.25) is 4.79 Å². The summed E-state index contributed by atoms with van der Waals surface area (Å²) in [5.74, 6) is -2.47. The molecule has 0 saturated carbocycles. The number of aromatic nitrogens is 1. The fourth-order valence-corrected chi connectivity index (χ4v) is 1.33. The number of nitrogens with zero attached hydrogens (tertiary/aromatic N) is 1. The van der Waals surface area contributed by atoms with Gasteiger partial charge in [-0.05, 0) is 0 Å². The third-order valence-corrected chi connectivity index (χ3v) is 2.01. The lowest BCUT2D eigenvalue weighted by molar-refractivity contribution is -0.131. The number of carbonyl (C=O) groups is 2. The van der Waals surface area contributed by atoms with E-state index < -0.39 is 11.8 Å². The molecule has 6 heteroatoms. The van der Waals surface area contributed by atoms with Gasteiger partial charge in [-0.2, -0.15) is 0 Å². The molecule has 0 amide bonds. The van der Waals surface area contributed by atoms with E-state index in [1.54, 1.807) is 0 Å². The number of Topliss-reactive ketones (excluding diaryl/α,β-unsaturated/α-hetero) is 1. The van der Waals surface area contributed by atoms with Crippen molar-refractivity contribution < 1.29 is 14.7 Å². The molecule has 4 nitrogen and oxygen atoms in total. The first kappa shape index (κ1) is 8.16. The molecule has 0 radical (unpaired) electrons. The minimum atomic E-state index is -1.50. The highest BCUT2D eigenvalue weighted by atomic mass is 35.5. The molecule has 1 aromatic rings. The maximum atomic E-state index is 10.7. The number of hydrogen-bond acceptors (Lipinski definition) is 4. The van der Waals surface area contributed by atoms with Crippen molar-refractivity contribution in [2.24, 2.45) is 0 Å². The lowest BCUT2D eigenvalue weighted by Crippen LogP contribution is -2.10. The van der Waals surface area contributed by atoms with Gasteiger partial charge in [0.2, 0.25) is 0 Å². The minimum Gasteiger partial charge on any atom is -0.475 e. The van der Waals surface area contributed by atoms with Gasteiger partial charge >= 0.3 is 5.97 Å². The molecule has 1 aromatic heterocycles. The van der Waals surface area contributed by atoms with Gasteiger partial charge in [-0.1, -0.05) is 22.9 Å². The third-order valence-electron chi connectivity index (χ3n) is 0.896. The van der Waals surface area contributed by atoms with E-state index in [-0.39, 0.29) is 9.34 Å². The van der Waals surface area contributed by atoms with Crippen LogP contribution in [0.3, 0.4) is 0 Å². The van der Waals surface area contributed by atoms with Crippen molar-refractivity contribution in [2.75, 3.05) is 0 Å². The molecule has 1 heterocycles. The van der Waals surface area contributed by atoms with Crippen LogP contribution >= 0.6 is 22.9 Å². The molecule has 0 aliphatic rings. The predicted molar refractivity (Wildman–Crippen MR) is 39.1 cm³/mol. The van der Waals surface area contributed by atoms with Crippen LogP contribution in [0, 0.1) is 0 Å². The standard InChI is InChI=1S/C5H2ClNO3S/c6-5-7-1-2(11-5)3(8)4(9)10/h1H,(H,9,10). The zero-order valence-corrected chi connectivity index (χ0v) is 6.65. The van der Waals surface area contributed by atoms with Crippen LogP contribution in [0.4, 0.5) is 0 Å². The summed E-state index contributed by atoms with van der Waals surface area (Å²) in [5.41, 5.74) is 0. The molecule has 0 saturated heterocycles. The number of ketones is 1. The number of rotatable bonds is 2. The molecule has 0 aliphatic carbocycles. The summed E-state index contributed by atoms with van der Waals surface area (Å²) in [4.78, 5) is 24.3. The summed E-state index contributed by atoms with van der Waals surface area (Å²) in [5, 5.41) is 8.23. The highest BCUT2D eigenvalue weighted by molar-refractivity contribution is 7.18. The van der Waals surface area contributed by atoms with Gasteiger partial charge < -0.3 is 5.11 Å². The van der Waals surface area contributed by atoms with Crippen molar-refractivity contribution in [3.8, 4) is 0 Å². The van der Waals surface area contributed by atoms with Crippen molar-refractivity contribution in [2.45, 2.75) is 0 Å². The average Bonchev–Trinajstić information content (AvgIpc) is 2.34. The summed E-state index contributed by atoms with van der Waals surface area (Å²) in [7, 11) is 0. The Hall–Kier alpha value is -0.940. The SMILES string of the molecule is O=C(O)C(=O)c1cnc(Cl)s1. The first-order valence-corrected chi connectivity index (χ1v) is 3.69. The molecule has 1 N–H and O–H groups in total. The summed E-state index contributed by atoms with van der Waals surface area (Å²) < 4.78 is 0.162. The molecular weight excluding hydrogens is 190 g/mol. The molecular formula is C5H2ClNO3S. The lowest BCUT2D eigenvalue weighted by Gasteiger charge is -1.84. The second-order valence-corrected chi connectivity index (χ2v) is 3.22. The first-order chi connectivity index (χ1) is 5.11. The predicted octanol–water partition coefficient (Wildman–Crippen LogP) is 1.06. The number of carbonyl (C=O) groups excluding carboxylic acids is 1. The van der Waals surface area contributed by atoms with Gasteiger partial charge in [-0.15, -0.1) is 0 Å². The number of thiazole rings is 1. The smallest absolute Gasteiger partial charge is 0.378 e. The highest BCUT2D eigenvalue weighted by Gasteiger charge is 2.16. The van der Waals surface area contributed by atoms with Crippen LogP contribution in [0.15, 0.2) is 6.20 Å². The number of carboxylic acids is 1. The van der Waals surface area contributed by atoms with Crippen molar-refractivity contribution in [3.63, 3.8) is 0 Å². The van der Waals surface area contributed by atoms with Crippen LogP contribution in [0.5, 0.6) is 0 Å². The van der Waals surface area contributed by atoms with Crippen LogP contribution in [-0.2, 0) is 4.79 Å². The average molecular weight is 192 g/mol. The second-order valence-electron chi connectivity index (χ2n) is 1.61. The van der Waals surface area contributed by atoms with Gasteiger partial charge in [0.25, 0.3) is 5.78 Å². The molecule has 0 spiro atoms. The number of halogens is 1. The Morgan fingerprint density at radius 1 is 1.64 bits per heavy atom. The van der Waals surface area contributed by atoms with Crippen molar-refractivity contribution >= 4 is 34.7 Å². The first-order valence-electron chi connectivity index (χ1n) is 2.50. The summed E-state index contributed by atoms with van der Waals surface area (Å²) in [6.45, 7) is 0. The largest absolute Gasteiger partial charge is 0.475 e. The van der Waals surface area contributed by atoms with E-state index in [1.165, 1.54) is 0 Å². The van der Waals surface area contributed by atoms with E-state index >= 15 is 0 Å². The van der Waals surface area contributed by atoms with Gasteiger partial charge in [0.1, 0.15) is 4.88 Å². The van der Waals surface area contributed by atoms with Gasteiger partial charge in [0, 0.05) is 0 Å². The van der Waals surface area contributed by atoms with Crippen LogP contribution in [0.25, 0.3) is 0 Å². The molecule has 11 heavy (non-hydrogen) atoms.